The molecule has 0 aliphatic heterocycles. The van der Waals surface area contributed by atoms with E-state index in [1.165, 1.54) is 22.7 Å². The van der Waals surface area contributed by atoms with Gasteiger partial charge in [-0.15, -0.1) is 22.7 Å². The summed E-state index contributed by atoms with van der Waals surface area (Å²) >= 11 is 3.02. The summed E-state index contributed by atoms with van der Waals surface area (Å²) in [5.41, 5.74) is 4.90. The van der Waals surface area contributed by atoms with E-state index >= 15 is 0 Å². The van der Waals surface area contributed by atoms with E-state index in [-0.39, 0.29) is 12.6 Å². The van der Waals surface area contributed by atoms with Crippen LogP contribution in [-0.4, -0.2) is 23.0 Å². The number of hydrogen-bond donors (Lipinski definition) is 0. The third kappa shape index (κ3) is 3.44. The molecule has 0 saturated heterocycles. The van der Waals surface area contributed by atoms with E-state index in [4.69, 9.17) is 9.47 Å². The highest BCUT2D eigenvalue weighted by atomic mass is 32.1. The number of ether oxygens (including phenoxy) is 2. The average Bonchev–Trinajstić information content (AvgIpc) is 3.35. The number of carbonyl (C=O) groups excluding carboxylic acids is 1. The Labute approximate surface area is 157 Å². The number of esters is 1. The van der Waals surface area contributed by atoms with Gasteiger partial charge in [0.15, 0.2) is 0 Å². The number of methoxy groups -OCH3 is 1. The minimum Gasteiger partial charge on any atom is -0.497 e. The summed E-state index contributed by atoms with van der Waals surface area (Å²) in [4.78, 5) is 21.0. The summed E-state index contributed by atoms with van der Waals surface area (Å²) in [5, 5.41) is 2.78. The molecule has 4 rings (SSSR count). The molecule has 2 heterocycles. The van der Waals surface area contributed by atoms with Crippen LogP contribution in [0.2, 0.25) is 0 Å². The van der Waals surface area contributed by atoms with Gasteiger partial charge in [-0.1, -0.05) is 0 Å². The van der Waals surface area contributed by atoms with Crippen LogP contribution < -0.4 is 4.74 Å². The molecule has 7 heteroatoms. The van der Waals surface area contributed by atoms with Gasteiger partial charge in [0.1, 0.15) is 17.4 Å². The summed E-state index contributed by atoms with van der Waals surface area (Å²) in [6.45, 7) is 0.145. The van der Waals surface area contributed by atoms with Gasteiger partial charge in [-0.05, 0) is 42.5 Å². The maximum atomic E-state index is 12.3. The Kier molecular flexibility index (Phi) is 4.64. The highest BCUT2D eigenvalue weighted by Gasteiger charge is 2.11. The van der Waals surface area contributed by atoms with Gasteiger partial charge in [0.25, 0.3) is 0 Å². The van der Waals surface area contributed by atoms with E-state index < -0.39 is 0 Å². The first-order valence-corrected chi connectivity index (χ1v) is 9.58. The number of fused-ring (bicyclic) bond motifs is 1. The fourth-order valence-electron chi connectivity index (χ4n) is 2.44. The van der Waals surface area contributed by atoms with Gasteiger partial charge in [-0.2, -0.15) is 0 Å². The highest BCUT2D eigenvalue weighted by molar-refractivity contribution is 7.16. The molecule has 26 heavy (non-hydrogen) atoms. The van der Waals surface area contributed by atoms with Crippen LogP contribution in [0.15, 0.2) is 53.4 Å². The largest absolute Gasteiger partial charge is 0.497 e. The van der Waals surface area contributed by atoms with Crippen molar-refractivity contribution in [3.8, 4) is 16.3 Å². The maximum Gasteiger partial charge on any atom is 0.338 e. The molecule has 5 nitrogen and oxygen atoms in total. The Morgan fingerprint density at radius 3 is 2.77 bits per heavy atom. The van der Waals surface area contributed by atoms with Crippen molar-refractivity contribution in [1.82, 2.24) is 9.97 Å². The Balaban J connectivity index is 1.42. The molecular formula is C19H14N2O3S2. The monoisotopic (exact) mass is 382 g/mol. The minimum absolute atomic E-state index is 0.145. The molecule has 0 saturated carbocycles. The number of nitrogens with zero attached hydrogens (tertiary/aromatic N) is 2. The lowest BCUT2D eigenvalue weighted by atomic mass is 10.2. The van der Waals surface area contributed by atoms with E-state index in [1.807, 2.05) is 35.7 Å². The van der Waals surface area contributed by atoms with E-state index in [0.29, 0.717) is 5.56 Å². The van der Waals surface area contributed by atoms with Crippen molar-refractivity contribution in [3.63, 3.8) is 0 Å². The van der Waals surface area contributed by atoms with Gasteiger partial charge in [0.2, 0.25) is 0 Å². The Bertz CT molecular complexity index is 1050. The van der Waals surface area contributed by atoms with Crippen LogP contribution in [0.4, 0.5) is 0 Å². The second-order valence-electron chi connectivity index (χ2n) is 5.48. The maximum absolute atomic E-state index is 12.3. The summed E-state index contributed by atoms with van der Waals surface area (Å²) in [7, 11) is 1.64. The summed E-state index contributed by atoms with van der Waals surface area (Å²) in [6, 6.07) is 13.1. The highest BCUT2D eigenvalue weighted by Crippen LogP contribution is 2.26. The van der Waals surface area contributed by atoms with Gasteiger partial charge >= 0.3 is 5.97 Å². The topological polar surface area (TPSA) is 61.3 Å². The number of benzene rings is 2. The summed E-state index contributed by atoms with van der Waals surface area (Å²) in [5.74, 6) is 0.441. The Hall–Kier alpha value is -2.77. The van der Waals surface area contributed by atoms with E-state index in [9.17, 15) is 4.79 Å². The molecule has 0 atom stereocenters. The van der Waals surface area contributed by atoms with Gasteiger partial charge in [0, 0.05) is 10.9 Å². The molecule has 0 radical (unpaired) electrons. The standard InChI is InChI=1S/C19H14N2O3S2/c1-23-15-5-2-12(3-6-15)18-21-14(10-25-18)9-24-19(22)13-4-7-16-17(8-13)26-11-20-16/h2-8,10-11H,9H2,1H3. The van der Waals surface area contributed by atoms with Crippen molar-refractivity contribution >= 4 is 38.9 Å². The quantitative estimate of drug-likeness (QED) is 0.465. The first-order valence-electron chi connectivity index (χ1n) is 7.82. The van der Waals surface area contributed by atoms with E-state index in [1.54, 1.807) is 24.8 Å². The molecule has 2 aromatic carbocycles. The Morgan fingerprint density at radius 1 is 1.12 bits per heavy atom. The van der Waals surface area contributed by atoms with Crippen molar-refractivity contribution in [3.05, 3.63) is 64.6 Å². The SMILES string of the molecule is COc1ccc(-c2nc(COC(=O)c3ccc4ncsc4c3)cs2)cc1. The van der Waals surface area contributed by atoms with Crippen molar-refractivity contribution in [1.29, 1.82) is 0 Å². The van der Waals surface area contributed by atoms with Gasteiger partial charge in [0.05, 0.1) is 34.1 Å². The lowest BCUT2D eigenvalue weighted by Crippen LogP contribution is -2.05. The predicted octanol–water partition coefficient (Wildman–Crippen LogP) is 4.79. The van der Waals surface area contributed by atoms with Crippen LogP contribution in [-0.2, 0) is 11.3 Å². The van der Waals surface area contributed by atoms with Crippen molar-refractivity contribution < 1.29 is 14.3 Å². The van der Waals surface area contributed by atoms with Crippen LogP contribution in [0.3, 0.4) is 0 Å². The van der Waals surface area contributed by atoms with Gasteiger partial charge < -0.3 is 9.47 Å². The molecule has 130 valence electrons. The third-order valence-corrected chi connectivity index (χ3v) is 5.54. The fraction of sp³-hybridized carbons (Fsp3) is 0.105. The third-order valence-electron chi connectivity index (χ3n) is 3.81. The van der Waals surface area contributed by atoms with Crippen LogP contribution in [0.5, 0.6) is 5.75 Å². The molecule has 0 unspecified atom stereocenters. The molecule has 0 fully saturated rings. The smallest absolute Gasteiger partial charge is 0.338 e. The average molecular weight is 382 g/mol. The molecule has 0 N–H and O–H groups in total. The van der Waals surface area contributed by atoms with E-state index in [2.05, 4.69) is 9.97 Å². The number of hydrogen-bond acceptors (Lipinski definition) is 7. The zero-order valence-corrected chi connectivity index (χ0v) is 15.5. The summed E-state index contributed by atoms with van der Waals surface area (Å²) < 4.78 is 11.5. The fourth-order valence-corrected chi connectivity index (χ4v) is 3.97. The first-order chi connectivity index (χ1) is 12.7. The number of carbonyl (C=O) groups is 1. The molecule has 2 aromatic heterocycles. The normalized spacial score (nSPS) is 10.8. The van der Waals surface area contributed by atoms with Crippen LogP contribution in [0.1, 0.15) is 16.1 Å². The number of thiazole rings is 2. The van der Waals surface area contributed by atoms with Crippen molar-refractivity contribution in [2.24, 2.45) is 0 Å². The number of rotatable bonds is 5. The molecule has 4 aromatic rings. The first kappa shape index (κ1) is 16.7. The lowest BCUT2D eigenvalue weighted by molar-refractivity contribution is 0.0468. The summed E-state index contributed by atoms with van der Waals surface area (Å²) in [6.07, 6.45) is 0. The predicted molar refractivity (Wildman–Crippen MR) is 103 cm³/mol. The van der Waals surface area contributed by atoms with Gasteiger partial charge in [-0.25, -0.2) is 14.8 Å². The molecule has 0 aliphatic rings. The second-order valence-corrected chi connectivity index (χ2v) is 7.23. The molecule has 0 bridgehead atoms. The van der Waals surface area contributed by atoms with Crippen LogP contribution in [0.25, 0.3) is 20.8 Å². The molecule has 0 spiro atoms. The number of aromatic nitrogens is 2. The van der Waals surface area contributed by atoms with Crippen molar-refractivity contribution in [2.75, 3.05) is 7.11 Å². The van der Waals surface area contributed by atoms with Gasteiger partial charge in [-0.3, -0.25) is 0 Å². The molecule has 0 aliphatic carbocycles. The van der Waals surface area contributed by atoms with Crippen molar-refractivity contribution in [2.45, 2.75) is 6.61 Å². The molecule has 0 amide bonds. The van der Waals surface area contributed by atoms with E-state index in [0.717, 1.165) is 32.2 Å². The zero-order chi connectivity index (χ0) is 17.9. The van der Waals surface area contributed by atoms with Crippen LogP contribution in [0, 0.1) is 0 Å². The van der Waals surface area contributed by atoms with Crippen LogP contribution >= 0.6 is 22.7 Å². The lowest BCUT2D eigenvalue weighted by Gasteiger charge is -2.03. The molecular weight excluding hydrogens is 368 g/mol. The Morgan fingerprint density at radius 2 is 1.96 bits per heavy atom. The minimum atomic E-state index is -0.362. The zero-order valence-electron chi connectivity index (χ0n) is 13.8. The second kappa shape index (κ2) is 7.23.